The monoisotopic (exact) mass is 680 g/mol. The van der Waals surface area contributed by atoms with Crippen molar-refractivity contribution in [1.82, 2.24) is 0 Å². The molecule has 0 heterocycles. The van der Waals surface area contributed by atoms with Crippen molar-refractivity contribution in [2.45, 2.75) is 44.9 Å². The molecule has 0 spiro atoms. The SMILES string of the molecule is CC1(C)c2cc(CCCCc3ccc(-c4ccc(-c5ccccc5)cc4)cc3)ccc2-c2ccc(-c3ccc(-c4cccc5ccccc45)cc3)cc21. The molecule has 9 rings (SSSR count). The lowest BCUT2D eigenvalue weighted by Crippen LogP contribution is -2.15. The molecule has 0 fully saturated rings. The van der Waals surface area contributed by atoms with Gasteiger partial charge in [0.05, 0.1) is 0 Å². The van der Waals surface area contributed by atoms with E-state index in [9.17, 15) is 0 Å². The van der Waals surface area contributed by atoms with Crippen molar-refractivity contribution in [2.24, 2.45) is 0 Å². The molecule has 0 radical (unpaired) electrons. The second-order valence-electron chi connectivity index (χ2n) is 15.2. The van der Waals surface area contributed by atoms with Gasteiger partial charge >= 0.3 is 0 Å². The second-order valence-corrected chi connectivity index (χ2v) is 15.2. The van der Waals surface area contributed by atoms with Gasteiger partial charge in [0.2, 0.25) is 0 Å². The number of benzene rings is 8. The van der Waals surface area contributed by atoms with Gasteiger partial charge in [0.1, 0.15) is 0 Å². The van der Waals surface area contributed by atoms with Crippen LogP contribution in [0, 0.1) is 0 Å². The summed E-state index contributed by atoms with van der Waals surface area (Å²) in [6, 6.07) is 67.3. The zero-order valence-electron chi connectivity index (χ0n) is 30.6. The Bertz CT molecular complexity index is 2530. The molecular weight excluding hydrogens is 637 g/mol. The van der Waals surface area contributed by atoms with E-state index in [0.29, 0.717) is 0 Å². The molecule has 53 heavy (non-hydrogen) atoms. The van der Waals surface area contributed by atoms with Gasteiger partial charge < -0.3 is 0 Å². The highest BCUT2D eigenvalue weighted by atomic mass is 14.4. The molecule has 0 bridgehead atoms. The van der Waals surface area contributed by atoms with E-state index in [0.717, 1.165) is 12.8 Å². The van der Waals surface area contributed by atoms with E-state index in [1.165, 1.54) is 102 Å². The summed E-state index contributed by atoms with van der Waals surface area (Å²) in [7, 11) is 0. The summed E-state index contributed by atoms with van der Waals surface area (Å²) in [5, 5.41) is 2.58. The minimum atomic E-state index is -0.0385. The zero-order valence-corrected chi connectivity index (χ0v) is 30.6. The fourth-order valence-electron chi connectivity index (χ4n) is 8.45. The summed E-state index contributed by atoms with van der Waals surface area (Å²) >= 11 is 0. The Hall–Kier alpha value is -5.98. The van der Waals surface area contributed by atoms with Gasteiger partial charge in [-0.15, -0.1) is 0 Å². The first kappa shape index (κ1) is 32.9. The van der Waals surface area contributed by atoms with Crippen LogP contribution in [0.3, 0.4) is 0 Å². The molecule has 8 aromatic rings. The minimum absolute atomic E-state index is 0.0385. The summed E-state index contributed by atoms with van der Waals surface area (Å²) in [6.45, 7) is 4.80. The van der Waals surface area contributed by atoms with E-state index < -0.39 is 0 Å². The smallest absolute Gasteiger partial charge is 0.0159 e. The Kier molecular flexibility index (Phi) is 8.61. The summed E-state index contributed by atoms with van der Waals surface area (Å²) in [4.78, 5) is 0. The van der Waals surface area contributed by atoms with Crippen LogP contribution in [0.4, 0.5) is 0 Å². The van der Waals surface area contributed by atoms with Crippen LogP contribution in [0.2, 0.25) is 0 Å². The molecule has 8 aromatic carbocycles. The molecule has 0 unspecified atom stereocenters. The lowest BCUT2D eigenvalue weighted by atomic mass is 9.81. The van der Waals surface area contributed by atoms with Crippen LogP contribution in [-0.4, -0.2) is 0 Å². The molecule has 0 saturated carbocycles. The summed E-state index contributed by atoms with van der Waals surface area (Å²) in [5.74, 6) is 0. The van der Waals surface area contributed by atoms with E-state index in [1.807, 2.05) is 0 Å². The van der Waals surface area contributed by atoms with Crippen molar-refractivity contribution in [2.75, 3.05) is 0 Å². The average Bonchev–Trinajstić information content (AvgIpc) is 3.44. The van der Waals surface area contributed by atoms with Gasteiger partial charge in [0, 0.05) is 5.41 Å². The maximum absolute atomic E-state index is 2.49. The van der Waals surface area contributed by atoms with Gasteiger partial charge in [0.25, 0.3) is 0 Å². The van der Waals surface area contributed by atoms with Gasteiger partial charge in [-0.1, -0.05) is 190 Å². The van der Waals surface area contributed by atoms with Gasteiger partial charge in [-0.2, -0.15) is 0 Å². The standard InChI is InChI=1S/C53H44/c1-53(2)51-35-38(12-7-6-11-37-19-22-40(23-20-37)42-26-24-41(25-27-42)39-13-4-3-5-14-39)21-33-49(51)50-34-32-46(36-52(50)53)43-28-30-45(31-29-43)48-18-10-16-44-15-8-9-17-47(44)48/h3-5,8-10,13-36H,6-7,11-12H2,1-2H3. The minimum Gasteiger partial charge on any atom is -0.0622 e. The largest absolute Gasteiger partial charge is 0.0622 e. The Morgan fingerprint density at radius 3 is 1.51 bits per heavy atom. The number of hydrogen-bond donors (Lipinski definition) is 0. The fourth-order valence-corrected chi connectivity index (χ4v) is 8.45. The molecule has 1 aliphatic carbocycles. The predicted octanol–water partition coefficient (Wildman–Crippen LogP) is 14.4. The molecule has 0 atom stereocenters. The van der Waals surface area contributed by atoms with Crippen LogP contribution in [0.1, 0.15) is 48.9 Å². The maximum Gasteiger partial charge on any atom is 0.0159 e. The number of unbranched alkanes of at least 4 members (excludes halogenated alkanes) is 1. The lowest BCUT2D eigenvalue weighted by molar-refractivity contribution is 0.657. The Balaban J connectivity index is 0.838. The Morgan fingerprint density at radius 2 is 0.811 bits per heavy atom. The molecular formula is C53H44. The van der Waals surface area contributed by atoms with E-state index >= 15 is 0 Å². The van der Waals surface area contributed by atoms with Crippen molar-refractivity contribution < 1.29 is 0 Å². The van der Waals surface area contributed by atoms with Crippen LogP contribution in [0.15, 0.2) is 182 Å². The highest BCUT2D eigenvalue weighted by molar-refractivity contribution is 5.97. The normalized spacial score (nSPS) is 12.8. The molecule has 0 saturated heterocycles. The molecule has 0 aromatic heterocycles. The first-order chi connectivity index (χ1) is 26.0. The number of hydrogen-bond acceptors (Lipinski definition) is 0. The van der Waals surface area contributed by atoms with Crippen LogP contribution < -0.4 is 0 Å². The molecule has 0 N–H and O–H groups in total. The highest BCUT2D eigenvalue weighted by Gasteiger charge is 2.35. The third-order valence-electron chi connectivity index (χ3n) is 11.5. The van der Waals surface area contributed by atoms with Gasteiger partial charge in [0.15, 0.2) is 0 Å². The first-order valence-electron chi connectivity index (χ1n) is 19.1. The molecule has 0 nitrogen and oxygen atoms in total. The predicted molar refractivity (Wildman–Crippen MR) is 226 cm³/mol. The zero-order chi connectivity index (χ0) is 35.8. The Labute approximate surface area is 314 Å². The third kappa shape index (κ3) is 6.40. The third-order valence-corrected chi connectivity index (χ3v) is 11.5. The topological polar surface area (TPSA) is 0 Å². The van der Waals surface area contributed by atoms with E-state index in [4.69, 9.17) is 0 Å². The van der Waals surface area contributed by atoms with Crippen molar-refractivity contribution >= 4 is 10.8 Å². The lowest BCUT2D eigenvalue weighted by Gasteiger charge is -2.22. The maximum atomic E-state index is 2.49. The highest BCUT2D eigenvalue weighted by Crippen LogP contribution is 2.50. The second kappa shape index (κ2) is 13.9. The van der Waals surface area contributed by atoms with Gasteiger partial charge in [-0.05, 0) is 120 Å². The molecule has 1 aliphatic rings. The molecule has 0 heteroatoms. The van der Waals surface area contributed by atoms with Crippen LogP contribution in [0.5, 0.6) is 0 Å². The number of aryl methyl sites for hydroxylation is 2. The van der Waals surface area contributed by atoms with Crippen LogP contribution >= 0.6 is 0 Å². The molecule has 0 aliphatic heterocycles. The van der Waals surface area contributed by atoms with Gasteiger partial charge in [-0.25, -0.2) is 0 Å². The summed E-state index contributed by atoms with van der Waals surface area (Å²) < 4.78 is 0. The van der Waals surface area contributed by atoms with Crippen LogP contribution in [0.25, 0.3) is 66.4 Å². The van der Waals surface area contributed by atoms with Crippen molar-refractivity contribution in [3.05, 3.63) is 204 Å². The fraction of sp³-hybridized carbons (Fsp3) is 0.132. The van der Waals surface area contributed by atoms with Crippen LogP contribution in [-0.2, 0) is 18.3 Å². The number of fused-ring (bicyclic) bond motifs is 4. The van der Waals surface area contributed by atoms with Gasteiger partial charge in [-0.3, -0.25) is 0 Å². The van der Waals surface area contributed by atoms with Crippen molar-refractivity contribution in [1.29, 1.82) is 0 Å². The van der Waals surface area contributed by atoms with Crippen molar-refractivity contribution in [3.8, 4) is 55.6 Å². The van der Waals surface area contributed by atoms with E-state index in [1.54, 1.807) is 0 Å². The summed E-state index contributed by atoms with van der Waals surface area (Å²) in [5.41, 5.74) is 18.6. The summed E-state index contributed by atoms with van der Waals surface area (Å²) in [6.07, 6.45) is 4.60. The average molecular weight is 681 g/mol. The van der Waals surface area contributed by atoms with E-state index in [2.05, 4.69) is 196 Å². The quantitative estimate of drug-likeness (QED) is 0.133. The molecule has 0 amide bonds. The number of rotatable bonds is 9. The van der Waals surface area contributed by atoms with E-state index in [-0.39, 0.29) is 5.41 Å². The Morgan fingerprint density at radius 1 is 0.340 bits per heavy atom. The van der Waals surface area contributed by atoms with Crippen molar-refractivity contribution in [3.63, 3.8) is 0 Å². The molecule has 256 valence electrons. The first-order valence-corrected chi connectivity index (χ1v) is 19.1.